The lowest BCUT2D eigenvalue weighted by Crippen LogP contribution is -2.50. The molecular weight excluding hydrogens is 437 g/mol. The van der Waals surface area contributed by atoms with Crippen LogP contribution in [-0.4, -0.2) is 64.0 Å². The number of para-hydroxylation sites is 1. The van der Waals surface area contributed by atoms with Gasteiger partial charge < -0.3 is 14.5 Å². The molecule has 1 fully saturated rings. The highest BCUT2D eigenvalue weighted by Gasteiger charge is 2.26. The molecule has 0 aliphatic carbocycles. The predicted molar refractivity (Wildman–Crippen MR) is 117 cm³/mol. The van der Waals surface area contributed by atoms with Gasteiger partial charge in [-0.3, -0.25) is 9.59 Å². The number of carbonyl (C=O) groups is 2. The molecular formula is C22H26FN3O5S. The Balaban J connectivity index is 1.47. The van der Waals surface area contributed by atoms with Crippen molar-refractivity contribution in [3.8, 4) is 0 Å². The Morgan fingerprint density at radius 1 is 1.06 bits per heavy atom. The Hall–Kier alpha value is -2.98. The van der Waals surface area contributed by atoms with Gasteiger partial charge in [0.2, 0.25) is 10.0 Å². The Morgan fingerprint density at radius 2 is 1.69 bits per heavy atom. The lowest BCUT2D eigenvalue weighted by atomic mass is 10.2. The molecule has 1 atom stereocenters. The van der Waals surface area contributed by atoms with E-state index in [0.717, 1.165) is 5.56 Å². The van der Waals surface area contributed by atoms with Gasteiger partial charge in [-0.25, -0.2) is 12.8 Å². The average Bonchev–Trinajstić information content (AvgIpc) is 2.77. The number of benzene rings is 2. The molecule has 0 bridgehead atoms. The van der Waals surface area contributed by atoms with Gasteiger partial charge in [0.25, 0.3) is 5.91 Å². The van der Waals surface area contributed by atoms with Gasteiger partial charge in [-0.05, 0) is 38.1 Å². The largest absolute Gasteiger partial charge is 0.454 e. The molecule has 1 aliphatic rings. The SMILES string of the molecule is Cc1ccc(S(=O)(=O)N[C@@H](C)C(=O)OCC(=O)N2CCN(c3ccccc3F)CC2)cc1. The molecule has 2 aromatic carbocycles. The summed E-state index contributed by atoms with van der Waals surface area (Å²) in [7, 11) is -3.90. The van der Waals surface area contributed by atoms with Gasteiger partial charge in [-0.1, -0.05) is 29.8 Å². The van der Waals surface area contributed by atoms with Gasteiger partial charge in [0, 0.05) is 26.2 Å². The highest BCUT2D eigenvalue weighted by molar-refractivity contribution is 7.89. The van der Waals surface area contributed by atoms with E-state index in [2.05, 4.69) is 4.72 Å². The number of rotatable bonds is 7. The number of piperazine rings is 1. The van der Waals surface area contributed by atoms with Crippen LogP contribution < -0.4 is 9.62 Å². The summed E-state index contributed by atoms with van der Waals surface area (Å²) in [6.07, 6.45) is 0. The van der Waals surface area contributed by atoms with Crippen LogP contribution in [0, 0.1) is 12.7 Å². The summed E-state index contributed by atoms with van der Waals surface area (Å²) < 4.78 is 46.0. The Morgan fingerprint density at radius 3 is 2.31 bits per heavy atom. The molecule has 0 aromatic heterocycles. The van der Waals surface area contributed by atoms with Crippen molar-refractivity contribution < 1.29 is 27.1 Å². The van der Waals surface area contributed by atoms with Gasteiger partial charge in [0.1, 0.15) is 11.9 Å². The van der Waals surface area contributed by atoms with Crippen molar-refractivity contribution >= 4 is 27.6 Å². The average molecular weight is 464 g/mol. The maximum Gasteiger partial charge on any atom is 0.324 e. The van der Waals surface area contributed by atoms with Gasteiger partial charge >= 0.3 is 5.97 Å². The summed E-state index contributed by atoms with van der Waals surface area (Å²) in [4.78, 5) is 28.0. The number of amides is 1. The van der Waals surface area contributed by atoms with Crippen molar-refractivity contribution in [3.05, 3.63) is 59.9 Å². The smallest absolute Gasteiger partial charge is 0.324 e. The summed E-state index contributed by atoms with van der Waals surface area (Å²) >= 11 is 0. The van der Waals surface area contributed by atoms with Crippen LogP contribution >= 0.6 is 0 Å². The second-order valence-corrected chi connectivity index (χ2v) is 9.30. The molecule has 0 spiro atoms. The summed E-state index contributed by atoms with van der Waals surface area (Å²) in [5.41, 5.74) is 1.39. The summed E-state index contributed by atoms with van der Waals surface area (Å²) in [6.45, 7) is 4.32. The molecule has 10 heteroatoms. The summed E-state index contributed by atoms with van der Waals surface area (Å²) in [5, 5.41) is 0. The van der Waals surface area contributed by atoms with Crippen LogP contribution in [0.3, 0.4) is 0 Å². The summed E-state index contributed by atoms with van der Waals surface area (Å²) in [5.74, 6) is -1.55. The predicted octanol–water partition coefficient (Wildman–Crippen LogP) is 1.69. The minimum absolute atomic E-state index is 0.0338. The number of esters is 1. The highest BCUT2D eigenvalue weighted by Crippen LogP contribution is 2.20. The van der Waals surface area contributed by atoms with E-state index < -0.39 is 28.6 Å². The zero-order valence-electron chi connectivity index (χ0n) is 18.0. The molecule has 3 rings (SSSR count). The van der Waals surface area contributed by atoms with E-state index in [1.165, 1.54) is 30.0 Å². The van der Waals surface area contributed by atoms with Crippen LogP contribution in [0.2, 0.25) is 0 Å². The molecule has 2 aromatic rings. The third-order valence-electron chi connectivity index (χ3n) is 5.18. The maximum atomic E-state index is 13.9. The third kappa shape index (κ3) is 5.83. The van der Waals surface area contributed by atoms with Gasteiger partial charge in [0.05, 0.1) is 10.6 Å². The lowest BCUT2D eigenvalue weighted by Gasteiger charge is -2.36. The number of sulfonamides is 1. The highest BCUT2D eigenvalue weighted by atomic mass is 32.2. The fraction of sp³-hybridized carbons (Fsp3) is 0.364. The fourth-order valence-electron chi connectivity index (χ4n) is 3.32. The molecule has 8 nitrogen and oxygen atoms in total. The van der Waals surface area contributed by atoms with Crippen molar-refractivity contribution in [2.75, 3.05) is 37.7 Å². The first-order chi connectivity index (χ1) is 15.2. The number of nitrogens with zero attached hydrogens (tertiary/aromatic N) is 2. The van der Waals surface area contributed by atoms with Crippen molar-refractivity contribution in [2.24, 2.45) is 0 Å². The van der Waals surface area contributed by atoms with E-state index in [-0.39, 0.29) is 16.6 Å². The van der Waals surface area contributed by atoms with Gasteiger partial charge in [-0.15, -0.1) is 0 Å². The number of ether oxygens (including phenoxy) is 1. The van der Waals surface area contributed by atoms with Crippen molar-refractivity contribution in [3.63, 3.8) is 0 Å². The number of nitrogens with one attached hydrogen (secondary N) is 1. The van der Waals surface area contributed by atoms with Crippen molar-refractivity contribution in [1.82, 2.24) is 9.62 Å². The first-order valence-corrected chi connectivity index (χ1v) is 11.7. The Bertz CT molecular complexity index is 1070. The second kappa shape index (κ2) is 10.1. The Labute approximate surface area is 187 Å². The van der Waals surface area contributed by atoms with Crippen LogP contribution in [-0.2, 0) is 24.3 Å². The fourth-order valence-corrected chi connectivity index (χ4v) is 4.51. The zero-order valence-corrected chi connectivity index (χ0v) is 18.8. The minimum atomic E-state index is -3.90. The van der Waals surface area contributed by atoms with Gasteiger partial charge in [0.15, 0.2) is 6.61 Å². The molecule has 172 valence electrons. The first-order valence-electron chi connectivity index (χ1n) is 10.2. The topological polar surface area (TPSA) is 96.0 Å². The molecule has 32 heavy (non-hydrogen) atoms. The van der Waals surface area contributed by atoms with Crippen LogP contribution in [0.1, 0.15) is 12.5 Å². The van der Waals surface area contributed by atoms with Crippen molar-refractivity contribution in [1.29, 1.82) is 0 Å². The number of anilines is 1. The number of aryl methyl sites for hydroxylation is 1. The van der Waals surface area contributed by atoms with E-state index in [4.69, 9.17) is 4.74 Å². The number of halogens is 1. The number of carbonyl (C=O) groups excluding carboxylic acids is 2. The molecule has 1 heterocycles. The lowest BCUT2D eigenvalue weighted by molar-refractivity contribution is -0.153. The van der Waals surface area contributed by atoms with E-state index in [1.54, 1.807) is 30.3 Å². The van der Waals surface area contributed by atoms with E-state index in [0.29, 0.717) is 31.9 Å². The monoisotopic (exact) mass is 463 g/mol. The molecule has 1 saturated heterocycles. The second-order valence-electron chi connectivity index (χ2n) is 7.58. The van der Waals surface area contributed by atoms with E-state index in [9.17, 15) is 22.4 Å². The third-order valence-corrected chi connectivity index (χ3v) is 6.74. The van der Waals surface area contributed by atoms with Crippen LogP contribution in [0.5, 0.6) is 0 Å². The van der Waals surface area contributed by atoms with Crippen molar-refractivity contribution in [2.45, 2.75) is 24.8 Å². The van der Waals surface area contributed by atoms with Crippen LogP contribution in [0.25, 0.3) is 0 Å². The molecule has 0 saturated carbocycles. The molecule has 0 unspecified atom stereocenters. The van der Waals surface area contributed by atoms with Crippen LogP contribution in [0.4, 0.5) is 10.1 Å². The summed E-state index contributed by atoms with van der Waals surface area (Å²) in [6, 6.07) is 11.5. The minimum Gasteiger partial charge on any atom is -0.454 e. The van der Waals surface area contributed by atoms with E-state index >= 15 is 0 Å². The van der Waals surface area contributed by atoms with Crippen LogP contribution in [0.15, 0.2) is 53.4 Å². The standard InChI is InChI=1S/C22H26FN3O5S/c1-16-7-9-18(10-8-16)32(29,30)24-17(2)22(28)31-15-21(27)26-13-11-25(12-14-26)20-6-4-3-5-19(20)23/h3-10,17,24H,11-15H2,1-2H3/t17-/m0/s1. The quantitative estimate of drug-likeness (QED) is 0.628. The zero-order chi connectivity index (χ0) is 23.3. The first kappa shape index (κ1) is 23.7. The maximum absolute atomic E-state index is 13.9. The molecule has 1 N–H and O–H groups in total. The van der Waals surface area contributed by atoms with E-state index in [1.807, 2.05) is 11.8 Å². The van der Waals surface area contributed by atoms with Gasteiger partial charge in [-0.2, -0.15) is 4.72 Å². The number of hydrogen-bond acceptors (Lipinski definition) is 6. The normalized spacial score (nSPS) is 15.3. The Kier molecular flexibility index (Phi) is 7.47. The number of hydrogen-bond donors (Lipinski definition) is 1. The molecule has 0 radical (unpaired) electrons. The molecule has 1 amide bonds. The molecule has 1 aliphatic heterocycles.